The van der Waals surface area contributed by atoms with Crippen molar-refractivity contribution in [3.8, 4) is 17.1 Å². The van der Waals surface area contributed by atoms with Crippen LogP contribution in [0.2, 0.25) is 5.02 Å². The van der Waals surface area contributed by atoms with Crippen LogP contribution in [0.3, 0.4) is 0 Å². The summed E-state index contributed by atoms with van der Waals surface area (Å²) in [6, 6.07) is 20.2. The monoisotopic (exact) mass is 574 g/mol. The van der Waals surface area contributed by atoms with Gasteiger partial charge in [-0.15, -0.1) is 0 Å². The summed E-state index contributed by atoms with van der Waals surface area (Å²) in [5.41, 5.74) is 2.94. The highest BCUT2D eigenvalue weighted by atomic mass is 35.5. The first-order valence-electron chi connectivity index (χ1n) is 12.9. The second-order valence-electron chi connectivity index (χ2n) is 9.57. The maximum atomic E-state index is 13.1. The topological polar surface area (TPSA) is 118 Å². The number of piperazine rings is 1. The van der Waals surface area contributed by atoms with Gasteiger partial charge >= 0.3 is 0 Å². The number of aryl methyl sites for hydroxylation is 1. The average Bonchev–Trinajstić information content (AvgIpc) is 3.48. The zero-order valence-electron chi connectivity index (χ0n) is 22.4. The molecule has 0 radical (unpaired) electrons. The summed E-state index contributed by atoms with van der Waals surface area (Å²) >= 11 is 6.10. The number of benzene rings is 3. The summed E-state index contributed by atoms with van der Waals surface area (Å²) in [5.74, 6) is 0.170. The number of hydrogen-bond acceptors (Lipinski definition) is 7. The molecule has 0 saturated carbocycles. The second kappa shape index (κ2) is 11.7. The highest BCUT2D eigenvalue weighted by Crippen LogP contribution is 2.32. The Kier molecular flexibility index (Phi) is 7.93. The molecular weight excluding hydrogens is 548 g/mol. The van der Waals surface area contributed by atoms with E-state index in [0.717, 1.165) is 11.3 Å². The lowest BCUT2D eigenvalue weighted by molar-refractivity contribution is -0.384. The molecule has 0 bridgehead atoms. The Balaban J connectivity index is 1.20. The first kappa shape index (κ1) is 27.7. The largest absolute Gasteiger partial charge is 0.496 e. The average molecular weight is 575 g/mol. The van der Waals surface area contributed by atoms with Crippen molar-refractivity contribution >= 4 is 40.5 Å². The zero-order chi connectivity index (χ0) is 29.1. The van der Waals surface area contributed by atoms with Crippen LogP contribution in [0, 0.1) is 17.0 Å². The van der Waals surface area contributed by atoms with Crippen molar-refractivity contribution in [1.29, 1.82) is 0 Å². The van der Waals surface area contributed by atoms with Crippen LogP contribution >= 0.6 is 11.6 Å². The lowest BCUT2D eigenvalue weighted by Crippen LogP contribution is -2.48. The van der Waals surface area contributed by atoms with Crippen LogP contribution in [-0.4, -0.2) is 54.9 Å². The zero-order valence-corrected chi connectivity index (χ0v) is 23.2. The summed E-state index contributed by atoms with van der Waals surface area (Å²) in [5, 5.41) is 14.7. The van der Waals surface area contributed by atoms with E-state index in [0.29, 0.717) is 53.8 Å². The van der Waals surface area contributed by atoms with Crippen molar-refractivity contribution in [2.45, 2.75) is 6.92 Å². The van der Waals surface area contributed by atoms with Crippen LogP contribution in [0.5, 0.6) is 5.75 Å². The number of anilines is 2. The van der Waals surface area contributed by atoms with E-state index in [4.69, 9.17) is 20.8 Å². The Hall–Kier alpha value is -4.83. The van der Waals surface area contributed by atoms with Crippen LogP contribution in [0.15, 0.2) is 77.2 Å². The minimum atomic E-state index is -0.472. The number of furan rings is 1. The summed E-state index contributed by atoms with van der Waals surface area (Å²) < 4.78 is 11.0. The van der Waals surface area contributed by atoms with Gasteiger partial charge in [-0.05, 0) is 73.2 Å². The highest BCUT2D eigenvalue weighted by Gasteiger charge is 2.25. The smallest absolute Gasteiger partial charge is 0.291 e. The molecule has 4 aromatic rings. The van der Waals surface area contributed by atoms with Gasteiger partial charge in [0.15, 0.2) is 5.76 Å². The third-order valence-corrected chi connectivity index (χ3v) is 7.13. The fraction of sp³-hybridized carbons (Fsp3) is 0.200. The maximum absolute atomic E-state index is 13.1. The number of ether oxygens (including phenoxy) is 1. The number of halogens is 1. The molecule has 210 valence electrons. The highest BCUT2D eigenvalue weighted by molar-refractivity contribution is 6.31. The van der Waals surface area contributed by atoms with E-state index in [-0.39, 0.29) is 23.1 Å². The van der Waals surface area contributed by atoms with Gasteiger partial charge in [0.25, 0.3) is 17.5 Å². The molecule has 1 fully saturated rings. The fourth-order valence-corrected chi connectivity index (χ4v) is 4.91. The number of carbonyl (C=O) groups is 2. The Labute approximate surface area is 241 Å². The van der Waals surface area contributed by atoms with Crippen LogP contribution in [0.1, 0.15) is 26.5 Å². The quantitative estimate of drug-likeness (QED) is 0.211. The summed E-state index contributed by atoms with van der Waals surface area (Å²) in [6.45, 7) is 4.12. The van der Waals surface area contributed by atoms with E-state index in [9.17, 15) is 19.7 Å². The van der Waals surface area contributed by atoms with Gasteiger partial charge in [-0.25, -0.2) is 0 Å². The normalized spacial score (nSPS) is 13.1. The van der Waals surface area contributed by atoms with Gasteiger partial charge in [0.2, 0.25) is 0 Å². The molecule has 10 nitrogen and oxygen atoms in total. The van der Waals surface area contributed by atoms with Gasteiger partial charge in [-0.3, -0.25) is 19.7 Å². The number of nitrogens with one attached hydrogen (secondary N) is 1. The summed E-state index contributed by atoms with van der Waals surface area (Å²) in [7, 11) is 1.52. The summed E-state index contributed by atoms with van der Waals surface area (Å²) in [4.78, 5) is 40.8. The molecule has 1 aromatic heterocycles. The van der Waals surface area contributed by atoms with Crippen LogP contribution in [0.25, 0.3) is 11.3 Å². The van der Waals surface area contributed by atoms with E-state index < -0.39 is 10.8 Å². The molecule has 2 amide bonds. The van der Waals surface area contributed by atoms with Crippen molar-refractivity contribution in [2.75, 3.05) is 43.5 Å². The SMILES string of the molecule is COc1ccc(Cl)cc1C(=O)N1CCN(c2ccc(NC(=O)c3ccc(-c4ccc(C)cc4[N+](=O)[O-])o3)cc2)CC1. The molecule has 2 heterocycles. The Morgan fingerprint density at radius 1 is 0.976 bits per heavy atom. The van der Waals surface area contributed by atoms with Gasteiger partial charge < -0.3 is 24.3 Å². The molecule has 3 aromatic carbocycles. The van der Waals surface area contributed by atoms with Gasteiger partial charge in [0.1, 0.15) is 11.5 Å². The second-order valence-corrected chi connectivity index (χ2v) is 10.0. The van der Waals surface area contributed by atoms with E-state index >= 15 is 0 Å². The number of amides is 2. The molecule has 0 unspecified atom stereocenters. The summed E-state index contributed by atoms with van der Waals surface area (Å²) in [6.07, 6.45) is 0. The molecule has 1 N–H and O–H groups in total. The standard InChI is InChI=1S/C30H27ClN4O6/c1-19-3-9-23(25(17-19)35(38)39)27-11-12-28(41-27)29(36)32-21-5-7-22(8-6-21)33-13-15-34(16-14-33)30(37)24-18-20(31)4-10-26(24)40-2/h3-12,17-18H,13-16H2,1-2H3,(H,32,36). The minimum Gasteiger partial charge on any atom is -0.496 e. The Morgan fingerprint density at radius 3 is 2.39 bits per heavy atom. The third kappa shape index (κ3) is 6.02. The molecule has 5 rings (SSSR count). The first-order valence-corrected chi connectivity index (χ1v) is 13.3. The molecule has 11 heteroatoms. The molecule has 1 aliphatic rings. The fourth-order valence-electron chi connectivity index (χ4n) is 4.74. The van der Waals surface area contributed by atoms with Gasteiger partial charge in [0, 0.05) is 48.6 Å². The number of nitro benzene ring substituents is 1. The lowest BCUT2D eigenvalue weighted by atomic mass is 10.1. The van der Waals surface area contributed by atoms with E-state index in [2.05, 4.69) is 10.2 Å². The molecule has 0 aliphatic carbocycles. The number of nitro groups is 1. The van der Waals surface area contributed by atoms with E-state index in [1.54, 1.807) is 60.4 Å². The molecule has 0 spiro atoms. The van der Waals surface area contributed by atoms with Gasteiger partial charge in [0.05, 0.1) is 23.2 Å². The number of rotatable bonds is 7. The molecule has 1 aliphatic heterocycles. The van der Waals surface area contributed by atoms with Crippen molar-refractivity contribution in [1.82, 2.24) is 4.90 Å². The Morgan fingerprint density at radius 2 is 1.71 bits per heavy atom. The van der Waals surface area contributed by atoms with E-state index in [1.165, 1.54) is 19.2 Å². The van der Waals surface area contributed by atoms with Crippen LogP contribution in [-0.2, 0) is 0 Å². The minimum absolute atomic E-state index is 0.0380. The van der Waals surface area contributed by atoms with Gasteiger partial charge in [-0.2, -0.15) is 0 Å². The molecular formula is C30H27ClN4O6. The molecule has 0 atom stereocenters. The maximum Gasteiger partial charge on any atom is 0.291 e. The van der Waals surface area contributed by atoms with Crippen molar-refractivity contribution < 1.29 is 23.7 Å². The van der Waals surface area contributed by atoms with Crippen molar-refractivity contribution in [3.63, 3.8) is 0 Å². The first-order chi connectivity index (χ1) is 19.7. The van der Waals surface area contributed by atoms with Crippen molar-refractivity contribution in [2.24, 2.45) is 0 Å². The number of hydrogen-bond donors (Lipinski definition) is 1. The van der Waals surface area contributed by atoms with Crippen LogP contribution < -0.4 is 15.0 Å². The number of nitrogens with zero attached hydrogens (tertiary/aromatic N) is 3. The van der Waals surface area contributed by atoms with Crippen molar-refractivity contribution in [3.05, 3.63) is 105 Å². The molecule has 1 saturated heterocycles. The Bertz CT molecular complexity index is 1610. The lowest BCUT2D eigenvalue weighted by Gasteiger charge is -2.36. The predicted octanol–water partition coefficient (Wildman–Crippen LogP) is 6.04. The third-order valence-electron chi connectivity index (χ3n) is 6.89. The van der Waals surface area contributed by atoms with Crippen LogP contribution in [0.4, 0.5) is 17.1 Å². The number of carbonyl (C=O) groups excluding carboxylic acids is 2. The molecule has 41 heavy (non-hydrogen) atoms. The predicted molar refractivity (Wildman–Crippen MR) is 156 cm³/mol. The number of methoxy groups -OCH3 is 1. The van der Waals surface area contributed by atoms with Gasteiger partial charge in [-0.1, -0.05) is 17.7 Å². The van der Waals surface area contributed by atoms with E-state index in [1.807, 2.05) is 12.1 Å².